The summed E-state index contributed by atoms with van der Waals surface area (Å²) in [5.74, 6) is 0. The molecule has 0 radical (unpaired) electrons. The molecule has 0 atom stereocenters. The van der Waals surface area contributed by atoms with Gasteiger partial charge in [0.2, 0.25) is 0 Å². The van der Waals surface area contributed by atoms with Gasteiger partial charge in [-0.2, -0.15) is 5.10 Å². The Morgan fingerprint density at radius 1 is 1.40 bits per heavy atom. The second-order valence-electron chi connectivity index (χ2n) is 3.38. The van der Waals surface area contributed by atoms with E-state index in [-0.39, 0.29) is 0 Å². The molecule has 0 aliphatic carbocycles. The second-order valence-corrected chi connectivity index (χ2v) is 4.29. The predicted octanol–water partition coefficient (Wildman–Crippen LogP) is 2.40. The fourth-order valence-electron chi connectivity index (χ4n) is 1.47. The molecule has 0 fully saturated rings. The lowest BCUT2D eigenvalue weighted by molar-refractivity contribution is 0.843. The van der Waals surface area contributed by atoms with Gasteiger partial charge in [0.25, 0.3) is 0 Å². The molecule has 2 rings (SSSR count). The normalized spacial score (nSPS) is 10.6. The first-order valence-corrected chi connectivity index (χ1v) is 5.51. The van der Waals surface area contributed by atoms with Crippen LogP contribution in [-0.4, -0.2) is 9.78 Å². The van der Waals surface area contributed by atoms with E-state index in [0.717, 1.165) is 21.4 Å². The minimum Gasteiger partial charge on any atom is -0.326 e. The molecule has 78 valence electrons. The van der Waals surface area contributed by atoms with Crippen LogP contribution in [0.3, 0.4) is 0 Å². The highest BCUT2D eigenvalue weighted by Gasteiger charge is 2.04. The van der Waals surface area contributed by atoms with E-state index in [9.17, 15) is 0 Å². The van der Waals surface area contributed by atoms with Crippen molar-refractivity contribution >= 4 is 15.9 Å². The van der Waals surface area contributed by atoms with Gasteiger partial charge in [-0.15, -0.1) is 0 Å². The number of halogens is 1. The van der Waals surface area contributed by atoms with E-state index < -0.39 is 0 Å². The molecule has 0 amide bonds. The van der Waals surface area contributed by atoms with Gasteiger partial charge in [0, 0.05) is 17.2 Å². The second kappa shape index (κ2) is 4.16. The average molecular weight is 266 g/mol. The topological polar surface area (TPSA) is 43.8 Å². The van der Waals surface area contributed by atoms with Gasteiger partial charge in [-0.3, -0.25) is 0 Å². The average Bonchev–Trinajstić information content (AvgIpc) is 2.65. The summed E-state index contributed by atoms with van der Waals surface area (Å²) in [4.78, 5) is 0. The zero-order valence-corrected chi connectivity index (χ0v) is 10.0. The van der Waals surface area contributed by atoms with Crippen LogP contribution in [0.4, 0.5) is 0 Å². The van der Waals surface area contributed by atoms with Gasteiger partial charge in [0.15, 0.2) is 0 Å². The van der Waals surface area contributed by atoms with Crippen molar-refractivity contribution in [1.82, 2.24) is 9.78 Å². The van der Waals surface area contributed by atoms with Crippen molar-refractivity contribution in [3.63, 3.8) is 0 Å². The van der Waals surface area contributed by atoms with Crippen molar-refractivity contribution in [3.05, 3.63) is 46.2 Å². The molecule has 2 N–H and O–H groups in total. The van der Waals surface area contributed by atoms with Gasteiger partial charge in [-0.25, -0.2) is 4.68 Å². The molecule has 1 aromatic carbocycles. The molecule has 0 saturated carbocycles. The highest BCUT2D eigenvalue weighted by Crippen LogP contribution is 2.19. The Morgan fingerprint density at radius 2 is 2.20 bits per heavy atom. The first-order chi connectivity index (χ1) is 7.20. The molecule has 0 aliphatic heterocycles. The lowest BCUT2D eigenvalue weighted by Gasteiger charge is -2.08. The SMILES string of the molecule is Cc1ccn(-c2cc(Br)ccc2CN)n1. The summed E-state index contributed by atoms with van der Waals surface area (Å²) in [6.45, 7) is 2.48. The minimum atomic E-state index is 0.515. The quantitative estimate of drug-likeness (QED) is 0.907. The summed E-state index contributed by atoms with van der Waals surface area (Å²) < 4.78 is 2.88. The molecule has 2 aromatic rings. The number of nitrogens with two attached hydrogens (primary N) is 1. The Balaban J connectivity index is 2.55. The molecule has 1 heterocycles. The molecular formula is C11H12BrN3. The molecule has 1 aromatic heterocycles. The van der Waals surface area contributed by atoms with Crippen molar-refractivity contribution in [2.75, 3.05) is 0 Å². The van der Waals surface area contributed by atoms with Gasteiger partial charge in [-0.05, 0) is 30.7 Å². The predicted molar refractivity (Wildman–Crippen MR) is 63.9 cm³/mol. The fraction of sp³-hybridized carbons (Fsp3) is 0.182. The molecule has 0 saturated heterocycles. The summed E-state index contributed by atoms with van der Waals surface area (Å²) in [6, 6.07) is 7.99. The molecular weight excluding hydrogens is 254 g/mol. The smallest absolute Gasteiger partial charge is 0.0701 e. The Kier molecular flexibility index (Phi) is 2.88. The van der Waals surface area contributed by atoms with E-state index in [1.807, 2.05) is 42.1 Å². The number of nitrogens with zero attached hydrogens (tertiary/aromatic N) is 2. The van der Waals surface area contributed by atoms with Gasteiger partial charge in [0.1, 0.15) is 0 Å². The van der Waals surface area contributed by atoms with E-state index in [4.69, 9.17) is 5.73 Å². The van der Waals surface area contributed by atoms with Crippen LogP contribution in [0.5, 0.6) is 0 Å². The van der Waals surface area contributed by atoms with E-state index in [1.54, 1.807) is 0 Å². The number of hydrogen-bond acceptors (Lipinski definition) is 2. The Hall–Kier alpha value is -1.13. The van der Waals surface area contributed by atoms with Crippen LogP contribution >= 0.6 is 15.9 Å². The van der Waals surface area contributed by atoms with E-state index in [0.29, 0.717) is 6.54 Å². The van der Waals surface area contributed by atoms with Crippen LogP contribution in [0.15, 0.2) is 34.9 Å². The van der Waals surface area contributed by atoms with E-state index in [1.165, 1.54) is 0 Å². The molecule has 3 nitrogen and oxygen atoms in total. The summed E-state index contributed by atoms with van der Waals surface area (Å²) in [5, 5.41) is 4.37. The number of aryl methyl sites for hydroxylation is 1. The fourth-order valence-corrected chi connectivity index (χ4v) is 1.82. The maximum atomic E-state index is 5.69. The van der Waals surface area contributed by atoms with Crippen molar-refractivity contribution < 1.29 is 0 Å². The van der Waals surface area contributed by atoms with Crippen molar-refractivity contribution in [3.8, 4) is 5.69 Å². The lowest BCUT2D eigenvalue weighted by atomic mass is 10.2. The van der Waals surface area contributed by atoms with Crippen LogP contribution in [0.2, 0.25) is 0 Å². The third kappa shape index (κ3) is 2.11. The lowest BCUT2D eigenvalue weighted by Crippen LogP contribution is -2.05. The third-order valence-corrected chi connectivity index (χ3v) is 2.73. The number of rotatable bonds is 2. The Morgan fingerprint density at radius 3 is 2.80 bits per heavy atom. The van der Waals surface area contributed by atoms with Crippen molar-refractivity contribution in [2.45, 2.75) is 13.5 Å². The van der Waals surface area contributed by atoms with Crippen LogP contribution in [-0.2, 0) is 6.54 Å². The standard InChI is InChI=1S/C11H12BrN3/c1-8-4-5-15(14-8)11-6-10(12)3-2-9(11)7-13/h2-6H,7,13H2,1H3. The van der Waals surface area contributed by atoms with Gasteiger partial charge in [-0.1, -0.05) is 22.0 Å². The van der Waals surface area contributed by atoms with Gasteiger partial charge in [0.05, 0.1) is 11.4 Å². The summed E-state index contributed by atoms with van der Waals surface area (Å²) in [5.41, 5.74) is 8.80. The van der Waals surface area contributed by atoms with E-state index in [2.05, 4.69) is 21.0 Å². The maximum absolute atomic E-state index is 5.69. The maximum Gasteiger partial charge on any atom is 0.0701 e. The molecule has 0 unspecified atom stereocenters. The monoisotopic (exact) mass is 265 g/mol. The first-order valence-electron chi connectivity index (χ1n) is 4.72. The van der Waals surface area contributed by atoms with Crippen LogP contribution in [0.25, 0.3) is 5.69 Å². The Labute approximate surface area is 97.0 Å². The van der Waals surface area contributed by atoms with Crippen LogP contribution in [0, 0.1) is 6.92 Å². The molecule has 15 heavy (non-hydrogen) atoms. The van der Waals surface area contributed by atoms with Crippen molar-refractivity contribution in [2.24, 2.45) is 5.73 Å². The molecule has 0 bridgehead atoms. The van der Waals surface area contributed by atoms with Gasteiger partial charge < -0.3 is 5.73 Å². The number of benzene rings is 1. The molecule has 0 aliphatic rings. The molecule has 4 heteroatoms. The summed E-state index contributed by atoms with van der Waals surface area (Å²) in [7, 11) is 0. The third-order valence-electron chi connectivity index (χ3n) is 2.24. The largest absolute Gasteiger partial charge is 0.326 e. The number of hydrogen-bond donors (Lipinski definition) is 1. The first kappa shape index (κ1) is 10.4. The minimum absolute atomic E-state index is 0.515. The zero-order valence-electron chi connectivity index (χ0n) is 8.44. The zero-order chi connectivity index (χ0) is 10.8. The highest BCUT2D eigenvalue weighted by atomic mass is 79.9. The summed E-state index contributed by atoms with van der Waals surface area (Å²) in [6.07, 6.45) is 1.94. The number of aromatic nitrogens is 2. The van der Waals surface area contributed by atoms with Crippen LogP contribution < -0.4 is 5.73 Å². The van der Waals surface area contributed by atoms with E-state index >= 15 is 0 Å². The molecule has 0 spiro atoms. The van der Waals surface area contributed by atoms with Gasteiger partial charge >= 0.3 is 0 Å². The van der Waals surface area contributed by atoms with Crippen molar-refractivity contribution in [1.29, 1.82) is 0 Å². The van der Waals surface area contributed by atoms with Crippen LogP contribution in [0.1, 0.15) is 11.3 Å². The Bertz CT molecular complexity index is 476. The highest BCUT2D eigenvalue weighted by molar-refractivity contribution is 9.10. The summed E-state index contributed by atoms with van der Waals surface area (Å²) >= 11 is 3.45.